The highest BCUT2D eigenvalue weighted by Gasteiger charge is 2.11. The van der Waals surface area contributed by atoms with Gasteiger partial charge in [0, 0.05) is 19.4 Å². The van der Waals surface area contributed by atoms with Crippen LogP contribution in [0.25, 0.3) is 0 Å². The lowest BCUT2D eigenvalue weighted by Gasteiger charge is -2.05. The van der Waals surface area contributed by atoms with Crippen LogP contribution >= 0.6 is 0 Å². The number of hydrogen-bond acceptors (Lipinski definition) is 6. The molecule has 0 aromatic carbocycles. The molecule has 0 aliphatic rings. The summed E-state index contributed by atoms with van der Waals surface area (Å²) in [5.74, 6) is -0.0157. The molecule has 0 saturated heterocycles. The Bertz CT molecular complexity index is 594. The second-order valence-electron chi connectivity index (χ2n) is 3.90. The number of methoxy groups -OCH3 is 1. The lowest BCUT2D eigenvalue weighted by molar-refractivity contribution is 0.0587. The van der Waals surface area contributed by atoms with Crippen LogP contribution in [0.15, 0.2) is 18.5 Å². The van der Waals surface area contributed by atoms with Crippen molar-refractivity contribution in [3.05, 3.63) is 30.0 Å². The summed E-state index contributed by atoms with van der Waals surface area (Å²) in [4.78, 5) is 19.3. The fraction of sp³-hybridized carbons (Fsp3) is 0.333. The van der Waals surface area contributed by atoms with Crippen molar-refractivity contribution >= 4 is 17.5 Å². The number of nitrogens with zero attached hydrogens (tertiary/aromatic N) is 4. The fourth-order valence-electron chi connectivity index (χ4n) is 1.66. The molecular weight excluding hydrogens is 246 g/mol. The molecule has 0 radical (unpaired) electrons. The normalized spacial score (nSPS) is 10.3. The molecule has 0 unspecified atom stereocenters. The van der Waals surface area contributed by atoms with Crippen LogP contribution < -0.4 is 5.32 Å². The fourth-order valence-corrected chi connectivity index (χ4v) is 1.66. The smallest absolute Gasteiger partial charge is 0.376 e. The summed E-state index contributed by atoms with van der Waals surface area (Å²) in [6.07, 6.45) is 4.17. The van der Waals surface area contributed by atoms with Gasteiger partial charge in [-0.3, -0.25) is 4.68 Å². The van der Waals surface area contributed by atoms with E-state index in [1.807, 2.05) is 20.2 Å². The third-order valence-electron chi connectivity index (χ3n) is 2.53. The zero-order chi connectivity index (χ0) is 13.8. The maximum absolute atomic E-state index is 11.4. The van der Waals surface area contributed by atoms with Crippen LogP contribution in [-0.4, -0.2) is 32.8 Å². The first-order valence-corrected chi connectivity index (χ1v) is 5.85. The Hall–Kier alpha value is -2.44. The number of carbonyl (C=O) groups is 1. The van der Waals surface area contributed by atoms with E-state index in [1.54, 1.807) is 10.7 Å². The molecule has 2 rings (SSSR count). The SMILES string of the molecule is CCc1nn(C)cc1Nc1ccnc(C(=O)OC)n1. The van der Waals surface area contributed by atoms with Gasteiger partial charge >= 0.3 is 5.97 Å². The Morgan fingerprint density at radius 3 is 3.00 bits per heavy atom. The molecule has 0 fully saturated rings. The van der Waals surface area contributed by atoms with Gasteiger partial charge < -0.3 is 10.1 Å². The van der Waals surface area contributed by atoms with Gasteiger partial charge in [-0.2, -0.15) is 5.10 Å². The zero-order valence-electron chi connectivity index (χ0n) is 11.0. The first-order chi connectivity index (χ1) is 9.13. The van der Waals surface area contributed by atoms with E-state index in [2.05, 4.69) is 25.1 Å². The molecule has 0 spiro atoms. The van der Waals surface area contributed by atoms with Crippen LogP contribution in [0.3, 0.4) is 0 Å². The third kappa shape index (κ3) is 2.87. The summed E-state index contributed by atoms with van der Waals surface area (Å²) in [6, 6.07) is 1.68. The van der Waals surface area contributed by atoms with Crippen LogP contribution in [-0.2, 0) is 18.2 Å². The Labute approximate surface area is 110 Å². The Balaban J connectivity index is 2.25. The van der Waals surface area contributed by atoms with Crippen molar-refractivity contribution in [2.24, 2.45) is 7.05 Å². The summed E-state index contributed by atoms with van der Waals surface area (Å²) >= 11 is 0. The van der Waals surface area contributed by atoms with Crippen molar-refractivity contribution in [2.75, 3.05) is 12.4 Å². The van der Waals surface area contributed by atoms with Crippen LogP contribution in [0, 0.1) is 0 Å². The predicted octanol–water partition coefficient (Wildman–Crippen LogP) is 1.30. The molecular formula is C12H15N5O2. The first kappa shape index (κ1) is 13.0. The maximum Gasteiger partial charge on any atom is 0.376 e. The van der Waals surface area contributed by atoms with E-state index in [1.165, 1.54) is 13.3 Å². The summed E-state index contributed by atoms with van der Waals surface area (Å²) in [5, 5.41) is 7.44. The van der Waals surface area contributed by atoms with Crippen molar-refractivity contribution < 1.29 is 9.53 Å². The summed E-state index contributed by atoms with van der Waals surface area (Å²) in [6.45, 7) is 2.02. The largest absolute Gasteiger partial charge is 0.463 e. The van der Waals surface area contributed by atoms with Crippen molar-refractivity contribution in [3.8, 4) is 0 Å². The zero-order valence-corrected chi connectivity index (χ0v) is 11.0. The monoisotopic (exact) mass is 261 g/mol. The van der Waals surface area contributed by atoms with E-state index in [0.29, 0.717) is 5.82 Å². The minimum atomic E-state index is -0.564. The topological polar surface area (TPSA) is 81.9 Å². The van der Waals surface area contributed by atoms with Crippen LogP contribution in [0.2, 0.25) is 0 Å². The highest BCUT2D eigenvalue weighted by Crippen LogP contribution is 2.18. The Morgan fingerprint density at radius 2 is 2.32 bits per heavy atom. The second kappa shape index (κ2) is 5.47. The molecule has 7 nitrogen and oxygen atoms in total. The molecule has 0 atom stereocenters. The molecule has 19 heavy (non-hydrogen) atoms. The molecule has 0 aliphatic heterocycles. The lowest BCUT2D eigenvalue weighted by atomic mass is 10.3. The van der Waals surface area contributed by atoms with Crippen molar-refractivity contribution in [1.29, 1.82) is 0 Å². The molecule has 1 N–H and O–H groups in total. The van der Waals surface area contributed by atoms with Crippen molar-refractivity contribution in [1.82, 2.24) is 19.7 Å². The highest BCUT2D eigenvalue weighted by atomic mass is 16.5. The highest BCUT2D eigenvalue weighted by molar-refractivity contribution is 5.85. The Morgan fingerprint density at radius 1 is 1.53 bits per heavy atom. The first-order valence-electron chi connectivity index (χ1n) is 5.85. The standard InChI is InChI=1S/C12H15N5O2/c1-4-8-9(7-17(2)16-8)14-10-5-6-13-11(15-10)12(18)19-3/h5-7H,4H2,1-3H3,(H,13,14,15). The number of nitrogens with one attached hydrogen (secondary N) is 1. The third-order valence-corrected chi connectivity index (χ3v) is 2.53. The van der Waals surface area contributed by atoms with E-state index in [9.17, 15) is 4.79 Å². The summed E-state index contributed by atoms with van der Waals surface area (Å²) in [7, 11) is 3.15. The molecule has 100 valence electrons. The average molecular weight is 261 g/mol. The molecule has 2 aromatic heterocycles. The number of carbonyl (C=O) groups excluding carboxylic acids is 1. The van der Waals surface area contributed by atoms with Gasteiger partial charge in [0.05, 0.1) is 18.5 Å². The van der Waals surface area contributed by atoms with Crippen LogP contribution in [0.1, 0.15) is 23.2 Å². The van der Waals surface area contributed by atoms with E-state index in [4.69, 9.17) is 0 Å². The maximum atomic E-state index is 11.4. The molecule has 0 amide bonds. The van der Waals surface area contributed by atoms with Crippen LogP contribution in [0.5, 0.6) is 0 Å². The number of ether oxygens (including phenoxy) is 1. The van der Waals surface area contributed by atoms with Crippen molar-refractivity contribution in [3.63, 3.8) is 0 Å². The molecule has 2 aromatic rings. The van der Waals surface area contributed by atoms with E-state index >= 15 is 0 Å². The van der Waals surface area contributed by atoms with E-state index < -0.39 is 5.97 Å². The van der Waals surface area contributed by atoms with E-state index in [-0.39, 0.29) is 5.82 Å². The van der Waals surface area contributed by atoms with E-state index in [0.717, 1.165) is 17.8 Å². The number of anilines is 2. The van der Waals surface area contributed by atoms with Crippen molar-refractivity contribution in [2.45, 2.75) is 13.3 Å². The van der Waals surface area contributed by atoms with Gasteiger partial charge in [-0.25, -0.2) is 14.8 Å². The van der Waals surface area contributed by atoms with Gasteiger partial charge in [0.25, 0.3) is 0 Å². The molecule has 0 aliphatic carbocycles. The predicted molar refractivity (Wildman–Crippen MR) is 69.2 cm³/mol. The number of hydrogen-bond donors (Lipinski definition) is 1. The quantitative estimate of drug-likeness (QED) is 0.835. The van der Waals surface area contributed by atoms with Gasteiger partial charge in [-0.15, -0.1) is 0 Å². The molecule has 0 bridgehead atoms. The lowest BCUT2D eigenvalue weighted by Crippen LogP contribution is -2.08. The van der Waals surface area contributed by atoms with Crippen LogP contribution in [0.4, 0.5) is 11.5 Å². The summed E-state index contributed by atoms with van der Waals surface area (Å²) < 4.78 is 6.31. The molecule has 7 heteroatoms. The number of rotatable bonds is 4. The summed E-state index contributed by atoms with van der Waals surface area (Å²) in [5.41, 5.74) is 1.79. The molecule has 0 saturated carbocycles. The second-order valence-corrected chi connectivity index (χ2v) is 3.90. The minimum absolute atomic E-state index is 0.0226. The van der Waals surface area contributed by atoms with Gasteiger partial charge in [0.1, 0.15) is 5.82 Å². The average Bonchev–Trinajstić information content (AvgIpc) is 2.78. The van der Waals surface area contributed by atoms with Gasteiger partial charge in [-0.1, -0.05) is 6.92 Å². The van der Waals surface area contributed by atoms with Gasteiger partial charge in [0.2, 0.25) is 5.82 Å². The number of esters is 1. The number of aryl methyl sites for hydroxylation is 2. The number of aromatic nitrogens is 4. The van der Waals surface area contributed by atoms with Gasteiger partial charge in [-0.05, 0) is 12.5 Å². The molecule has 2 heterocycles. The minimum Gasteiger partial charge on any atom is -0.463 e. The Kier molecular flexibility index (Phi) is 3.74. The van der Waals surface area contributed by atoms with Gasteiger partial charge in [0.15, 0.2) is 0 Å².